The summed E-state index contributed by atoms with van der Waals surface area (Å²) in [5, 5.41) is 0. The Hall–Kier alpha value is -0.740. The van der Waals surface area contributed by atoms with Gasteiger partial charge in [0, 0.05) is 0 Å². The van der Waals surface area contributed by atoms with Crippen LogP contribution in [0.4, 0.5) is 0 Å². The quantitative estimate of drug-likeness (QED) is 0.234. The molecule has 0 aliphatic carbocycles. The van der Waals surface area contributed by atoms with Crippen molar-refractivity contribution >= 4 is 0 Å². The summed E-state index contributed by atoms with van der Waals surface area (Å²) in [6.45, 7) is 5.82. The van der Waals surface area contributed by atoms with E-state index in [0.29, 0.717) is 0 Å². The Bertz CT molecular complexity index is 194. The minimum atomic E-state index is 1.15. The predicted octanol–water partition coefficient (Wildman–Crippen LogP) is 5.80. The second-order valence-electron chi connectivity index (χ2n) is 4.37. The van der Waals surface area contributed by atoms with E-state index in [9.17, 15) is 0 Å². The Balaban J connectivity index is 3.05. The van der Waals surface area contributed by atoms with Crippen LogP contribution in [0.1, 0.15) is 71.1 Å². The molecule has 0 atom stereocenters. The van der Waals surface area contributed by atoms with E-state index in [1.807, 2.05) is 6.08 Å². The third-order valence-electron chi connectivity index (χ3n) is 2.75. The van der Waals surface area contributed by atoms with Crippen molar-refractivity contribution in [3.8, 4) is 0 Å². The van der Waals surface area contributed by atoms with E-state index in [0.717, 1.165) is 6.42 Å². The Labute approximate surface area is 102 Å². The first-order valence-corrected chi connectivity index (χ1v) is 6.91. The highest BCUT2D eigenvalue weighted by molar-refractivity contribution is 4.81. The molecule has 0 aromatic rings. The molecule has 0 bridgehead atoms. The van der Waals surface area contributed by atoms with Gasteiger partial charge in [0.05, 0.1) is 0 Å². The molecule has 0 rings (SSSR count). The normalized spacial score (nSPS) is 10.6. The van der Waals surface area contributed by atoms with E-state index in [-0.39, 0.29) is 0 Å². The summed E-state index contributed by atoms with van der Waals surface area (Å²) < 4.78 is 0. The summed E-state index contributed by atoms with van der Waals surface area (Å²) in [6.07, 6.45) is 19.9. The first-order chi connectivity index (χ1) is 7.91. The van der Waals surface area contributed by atoms with E-state index < -0.39 is 0 Å². The minimum absolute atomic E-state index is 1.15. The standard InChI is InChI=1S/C16H28/c1-3-5-7-9-11-13-15-16-14-12-10-8-6-4-2/h5,12,14H,1,4,6-11,13,15-16H2,2H3. The molecule has 0 aliphatic heterocycles. The molecule has 0 saturated heterocycles. The maximum atomic E-state index is 3.56. The molecule has 0 amide bonds. The lowest BCUT2D eigenvalue weighted by molar-refractivity contribution is 0.651. The molecule has 0 heterocycles. The van der Waals surface area contributed by atoms with Crippen LogP contribution in [0.3, 0.4) is 0 Å². The lowest BCUT2D eigenvalue weighted by Gasteiger charge is -1.96. The molecule has 92 valence electrons. The molecule has 0 fully saturated rings. The molecule has 0 radical (unpaired) electrons. The van der Waals surface area contributed by atoms with Crippen LogP contribution in [0.2, 0.25) is 0 Å². The Morgan fingerprint density at radius 3 is 1.94 bits per heavy atom. The van der Waals surface area contributed by atoms with Gasteiger partial charge in [-0.1, -0.05) is 51.3 Å². The topological polar surface area (TPSA) is 0 Å². The average Bonchev–Trinajstić information content (AvgIpc) is 2.31. The van der Waals surface area contributed by atoms with Crippen molar-refractivity contribution in [1.29, 1.82) is 0 Å². The van der Waals surface area contributed by atoms with Gasteiger partial charge in [0.25, 0.3) is 0 Å². The van der Waals surface area contributed by atoms with E-state index in [4.69, 9.17) is 0 Å². The van der Waals surface area contributed by atoms with E-state index in [1.165, 1.54) is 57.8 Å². The van der Waals surface area contributed by atoms with E-state index in [2.05, 4.69) is 31.4 Å². The maximum absolute atomic E-state index is 3.56. The largest absolute Gasteiger partial charge is 0.133 e. The van der Waals surface area contributed by atoms with Gasteiger partial charge in [-0.3, -0.25) is 0 Å². The summed E-state index contributed by atoms with van der Waals surface area (Å²) in [4.78, 5) is 0. The second kappa shape index (κ2) is 14.3. The highest BCUT2D eigenvalue weighted by atomic mass is 13.9. The van der Waals surface area contributed by atoms with Crippen LogP contribution >= 0.6 is 0 Å². The van der Waals surface area contributed by atoms with Crippen molar-refractivity contribution < 1.29 is 0 Å². The first-order valence-electron chi connectivity index (χ1n) is 6.91. The average molecular weight is 220 g/mol. The molecular weight excluding hydrogens is 192 g/mol. The summed E-state index contributed by atoms with van der Waals surface area (Å²) in [5.41, 5.74) is 2.82. The van der Waals surface area contributed by atoms with Gasteiger partial charge in [-0.15, -0.1) is 5.73 Å². The highest BCUT2D eigenvalue weighted by Crippen LogP contribution is 2.07. The number of hydrogen-bond donors (Lipinski definition) is 0. The van der Waals surface area contributed by atoms with Crippen LogP contribution in [-0.2, 0) is 0 Å². The molecule has 0 aromatic carbocycles. The van der Waals surface area contributed by atoms with Crippen LogP contribution < -0.4 is 0 Å². The molecule has 0 spiro atoms. The van der Waals surface area contributed by atoms with Gasteiger partial charge in [0.2, 0.25) is 0 Å². The van der Waals surface area contributed by atoms with E-state index in [1.54, 1.807) is 0 Å². The number of allylic oxidation sites excluding steroid dienone is 3. The van der Waals surface area contributed by atoms with Gasteiger partial charge >= 0.3 is 0 Å². The molecule has 16 heavy (non-hydrogen) atoms. The van der Waals surface area contributed by atoms with Gasteiger partial charge in [-0.25, -0.2) is 0 Å². The summed E-state index contributed by atoms with van der Waals surface area (Å²) in [7, 11) is 0. The molecule has 0 aromatic heterocycles. The van der Waals surface area contributed by atoms with Crippen molar-refractivity contribution in [2.75, 3.05) is 0 Å². The summed E-state index contributed by atoms with van der Waals surface area (Å²) in [6, 6.07) is 0. The van der Waals surface area contributed by atoms with Crippen LogP contribution in [-0.4, -0.2) is 0 Å². The van der Waals surface area contributed by atoms with Crippen LogP contribution in [0.25, 0.3) is 0 Å². The van der Waals surface area contributed by atoms with Crippen LogP contribution in [0.5, 0.6) is 0 Å². The molecular formula is C16H28. The Morgan fingerprint density at radius 1 is 0.812 bits per heavy atom. The predicted molar refractivity (Wildman–Crippen MR) is 74.7 cm³/mol. The Morgan fingerprint density at radius 2 is 1.38 bits per heavy atom. The first kappa shape index (κ1) is 15.3. The molecule has 0 N–H and O–H groups in total. The monoisotopic (exact) mass is 220 g/mol. The summed E-state index contributed by atoms with van der Waals surface area (Å²) in [5.74, 6) is 0. The van der Waals surface area contributed by atoms with Gasteiger partial charge in [-0.05, 0) is 44.6 Å². The van der Waals surface area contributed by atoms with Crippen molar-refractivity contribution in [2.45, 2.75) is 71.1 Å². The molecule has 0 nitrogen and oxygen atoms in total. The lowest BCUT2D eigenvalue weighted by atomic mass is 10.1. The third-order valence-corrected chi connectivity index (χ3v) is 2.75. The SMILES string of the molecule is C=C=CCCCCCCC=CCCCCC. The zero-order chi connectivity index (χ0) is 11.9. The molecule has 0 heteroatoms. The smallest absolute Gasteiger partial charge is 0.0275 e. The molecule has 0 unspecified atom stereocenters. The fraction of sp³-hybridized carbons (Fsp3) is 0.688. The van der Waals surface area contributed by atoms with E-state index >= 15 is 0 Å². The molecule has 0 aliphatic rings. The number of unbranched alkanes of at least 4 members (excludes halogenated alkanes) is 8. The fourth-order valence-electron chi connectivity index (χ4n) is 1.71. The van der Waals surface area contributed by atoms with Gasteiger partial charge in [0.1, 0.15) is 0 Å². The minimum Gasteiger partial charge on any atom is -0.133 e. The zero-order valence-corrected chi connectivity index (χ0v) is 11.0. The van der Waals surface area contributed by atoms with Crippen LogP contribution in [0.15, 0.2) is 30.5 Å². The maximum Gasteiger partial charge on any atom is -0.0275 e. The molecule has 0 saturated carbocycles. The lowest BCUT2D eigenvalue weighted by Crippen LogP contribution is -1.77. The van der Waals surface area contributed by atoms with Gasteiger partial charge in [0.15, 0.2) is 0 Å². The second-order valence-corrected chi connectivity index (χ2v) is 4.37. The fourth-order valence-corrected chi connectivity index (χ4v) is 1.71. The zero-order valence-electron chi connectivity index (χ0n) is 11.0. The number of hydrogen-bond acceptors (Lipinski definition) is 0. The van der Waals surface area contributed by atoms with Crippen molar-refractivity contribution in [1.82, 2.24) is 0 Å². The van der Waals surface area contributed by atoms with Crippen LogP contribution in [0, 0.1) is 0 Å². The number of rotatable bonds is 11. The van der Waals surface area contributed by atoms with Crippen molar-refractivity contribution in [3.63, 3.8) is 0 Å². The summed E-state index contributed by atoms with van der Waals surface area (Å²) >= 11 is 0. The van der Waals surface area contributed by atoms with Gasteiger partial charge in [-0.2, -0.15) is 0 Å². The highest BCUT2D eigenvalue weighted by Gasteiger charge is 1.87. The van der Waals surface area contributed by atoms with Gasteiger partial charge < -0.3 is 0 Å². The van der Waals surface area contributed by atoms with Crippen molar-refractivity contribution in [2.24, 2.45) is 0 Å². The van der Waals surface area contributed by atoms with Crippen molar-refractivity contribution in [3.05, 3.63) is 30.5 Å². The Kier molecular flexibility index (Phi) is 13.6. The third kappa shape index (κ3) is 13.3.